The minimum absolute atomic E-state index is 0.357. The van der Waals surface area contributed by atoms with E-state index in [1.165, 1.54) is 11.3 Å². The van der Waals surface area contributed by atoms with Crippen molar-refractivity contribution in [3.05, 3.63) is 17.0 Å². The molecule has 0 aliphatic carbocycles. The second-order valence-electron chi connectivity index (χ2n) is 4.65. The molecule has 108 valence electrons. The van der Waals surface area contributed by atoms with Crippen LogP contribution in [0.1, 0.15) is 18.9 Å². The average Bonchev–Trinajstić information content (AvgIpc) is 2.89. The molecule has 1 fully saturated rings. The standard InChI is InChI=1S/C12H19ClN2O2S2/c1-2-3-14-4-6-15(7-5-14)19(16,17)12-8-11(9-13)10-18-12/h8,10H,2-7,9H2,1H3. The Hall–Kier alpha value is -0.140. The first-order valence-electron chi connectivity index (χ1n) is 6.43. The molecule has 1 aliphatic rings. The molecule has 0 spiro atoms. The van der Waals surface area contributed by atoms with E-state index >= 15 is 0 Å². The largest absolute Gasteiger partial charge is 0.301 e. The van der Waals surface area contributed by atoms with Crippen LogP contribution in [0.4, 0.5) is 0 Å². The Morgan fingerprint density at radius 2 is 2.00 bits per heavy atom. The van der Waals surface area contributed by atoms with Crippen molar-refractivity contribution in [2.75, 3.05) is 32.7 Å². The number of alkyl halides is 1. The molecular formula is C12H19ClN2O2S2. The third-order valence-corrected chi connectivity index (χ3v) is 6.92. The number of nitrogens with zero attached hydrogens (tertiary/aromatic N) is 2. The zero-order valence-electron chi connectivity index (χ0n) is 11.0. The number of thiophene rings is 1. The Balaban J connectivity index is 2.05. The number of hydrogen-bond donors (Lipinski definition) is 0. The minimum atomic E-state index is -3.32. The van der Waals surface area contributed by atoms with E-state index < -0.39 is 10.0 Å². The highest BCUT2D eigenvalue weighted by atomic mass is 35.5. The molecule has 0 bridgehead atoms. The molecule has 1 saturated heterocycles. The summed E-state index contributed by atoms with van der Waals surface area (Å²) in [6, 6.07) is 1.69. The van der Waals surface area contributed by atoms with Crippen LogP contribution in [0.15, 0.2) is 15.7 Å². The van der Waals surface area contributed by atoms with Crippen molar-refractivity contribution in [3.63, 3.8) is 0 Å². The van der Waals surface area contributed by atoms with Gasteiger partial charge in [0.15, 0.2) is 0 Å². The Labute approximate surface area is 124 Å². The molecule has 1 aromatic heterocycles. The molecule has 0 unspecified atom stereocenters. The van der Waals surface area contributed by atoms with Crippen LogP contribution in [0.25, 0.3) is 0 Å². The van der Waals surface area contributed by atoms with E-state index in [-0.39, 0.29) is 0 Å². The number of piperazine rings is 1. The lowest BCUT2D eigenvalue weighted by molar-refractivity contribution is 0.189. The highest BCUT2D eigenvalue weighted by molar-refractivity contribution is 7.91. The Bertz CT molecular complexity index is 508. The normalized spacial score (nSPS) is 18.8. The van der Waals surface area contributed by atoms with Gasteiger partial charge in [0.1, 0.15) is 4.21 Å². The third kappa shape index (κ3) is 3.49. The summed E-state index contributed by atoms with van der Waals surface area (Å²) in [7, 11) is -3.32. The highest BCUT2D eigenvalue weighted by Gasteiger charge is 2.29. The maximum Gasteiger partial charge on any atom is 0.252 e. The molecule has 0 atom stereocenters. The predicted octanol–water partition coefficient (Wildman–Crippen LogP) is 2.20. The molecule has 1 aromatic rings. The lowest BCUT2D eigenvalue weighted by Gasteiger charge is -2.33. The molecular weight excluding hydrogens is 304 g/mol. The van der Waals surface area contributed by atoms with Crippen LogP contribution in [0.3, 0.4) is 0 Å². The molecule has 0 amide bonds. The lowest BCUT2D eigenvalue weighted by Crippen LogP contribution is -2.48. The maximum absolute atomic E-state index is 12.5. The quantitative estimate of drug-likeness (QED) is 0.780. The first kappa shape index (κ1) is 15.3. The molecule has 19 heavy (non-hydrogen) atoms. The first-order chi connectivity index (χ1) is 9.07. The van der Waals surface area contributed by atoms with Crippen molar-refractivity contribution in [1.82, 2.24) is 9.21 Å². The van der Waals surface area contributed by atoms with Gasteiger partial charge >= 0.3 is 0 Å². The summed E-state index contributed by atoms with van der Waals surface area (Å²) in [5, 5.41) is 1.81. The van der Waals surface area contributed by atoms with Gasteiger partial charge in [-0.15, -0.1) is 22.9 Å². The maximum atomic E-state index is 12.5. The zero-order chi connectivity index (χ0) is 13.9. The fourth-order valence-electron chi connectivity index (χ4n) is 2.20. The average molecular weight is 323 g/mol. The van der Waals surface area contributed by atoms with Crippen LogP contribution in [0.5, 0.6) is 0 Å². The van der Waals surface area contributed by atoms with Gasteiger partial charge in [0.05, 0.1) is 0 Å². The molecule has 2 rings (SSSR count). The fraction of sp³-hybridized carbons (Fsp3) is 0.667. The molecule has 0 N–H and O–H groups in total. The lowest BCUT2D eigenvalue weighted by atomic mass is 10.3. The van der Waals surface area contributed by atoms with Gasteiger partial charge in [-0.25, -0.2) is 8.42 Å². The number of hydrogen-bond acceptors (Lipinski definition) is 4. The van der Waals surface area contributed by atoms with Crippen LogP contribution in [0.2, 0.25) is 0 Å². The van der Waals surface area contributed by atoms with Gasteiger partial charge in [-0.2, -0.15) is 4.31 Å². The topological polar surface area (TPSA) is 40.6 Å². The summed E-state index contributed by atoms with van der Waals surface area (Å²) in [5.74, 6) is 0.357. The summed E-state index contributed by atoms with van der Waals surface area (Å²) in [6.45, 7) is 5.99. The van der Waals surface area contributed by atoms with Crippen LogP contribution < -0.4 is 0 Å². The molecule has 0 aromatic carbocycles. The summed E-state index contributed by atoms with van der Waals surface area (Å²) < 4.78 is 26.9. The van der Waals surface area contributed by atoms with Crippen molar-refractivity contribution in [2.24, 2.45) is 0 Å². The van der Waals surface area contributed by atoms with E-state index in [1.807, 2.05) is 5.38 Å². The van der Waals surface area contributed by atoms with Gasteiger partial charge in [-0.3, -0.25) is 0 Å². The van der Waals surface area contributed by atoms with Crippen LogP contribution >= 0.6 is 22.9 Å². The Morgan fingerprint density at radius 3 is 2.53 bits per heavy atom. The molecule has 7 heteroatoms. The van der Waals surface area contributed by atoms with E-state index in [2.05, 4.69) is 11.8 Å². The van der Waals surface area contributed by atoms with Gasteiger partial charge in [0, 0.05) is 32.1 Å². The van der Waals surface area contributed by atoms with E-state index in [4.69, 9.17) is 11.6 Å². The van der Waals surface area contributed by atoms with Gasteiger partial charge < -0.3 is 4.90 Å². The van der Waals surface area contributed by atoms with Crippen LogP contribution in [-0.4, -0.2) is 50.3 Å². The fourth-order valence-corrected chi connectivity index (χ4v) is 5.23. The van der Waals surface area contributed by atoms with Crippen LogP contribution in [-0.2, 0) is 15.9 Å². The van der Waals surface area contributed by atoms with E-state index in [0.717, 1.165) is 31.6 Å². The summed E-state index contributed by atoms with van der Waals surface area (Å²) in [6.07, 6.45) is 1.11. The summed E-state index contributed by atoms with van der Waals surface area (Å²) >= 11 is 6.98. The van der Waals surface area contributed by atoms with Crippen molar-refractivity contribution in [1.29, 1.82) is 0 Å². The van der Waals surface area contributed by atoms with E-state index in [9.17, 15) is 8.42 Å². The van der Waals surface area contributed by atoms with Gasteiger partial charge in [0.25, 0.3) is 10.0 Å². The van der Waals surface area contributed by atoms with Crippen molar-refractivity contribution < 1.29 is 8.42 Å². The van der Waals surface area contributed by atoms with Crippen molar-refractivity contribution in [2.45, 2.75) is 23.4 Å². The summed E-state index contributed by atoms with van der Waals surface area (Å²) in [5.41, 5.74) is 0.870. The number of rotatable bonds is 5. The van der Waals surface area contributed by atoms with E-state index in [0.29, 0.717) is 23.2 Å². The zero-order valence-corrected chi connectivity index (χ0v) is 13.4. The van der Waals surface area contributed by atoms with Crippen LogP contribution in [0, 0.1) is 0 Å². The third-order valence-electron chi connectivity index (χ3n) is 3.25. The molecule has 1 aliphatic heterocycles. The Kier molecular flexibility index (Phi) is 5.25. The van der Waals surface area contributed by atoms with Crippen molar-refractivity contribution in [3.8, 4) is 0 Å². The second kappa shape index (κ2) is 6.54. The minimum Gasteiger partial charge on any atom is -0.301 e. The van der Waals surface area contributed by atoms with E-state index in [1.54, 1.807) is 10.4 Å². The van der Waals surface area contributed by atoms with Gasteiger partial charge in [-0.05, 0) is 30.0 Å². The SMILES string of the molecule is CCCN1CCN(S(=O)(=O)c2cc(CCl)cs2)CC1. The smallest absolute Gasteiger partial charge is 0.252 e. The molecule has 4 nitrogen and oxygen atoms in total. The van der Waals surface area contributed by atoms with Gasteiger partial charge in [0.2, 0.25) is 0 Å². The second-order valence-corrected chi connectivity index (χ2v) is 8.00. The molecule has 0 radical (unpaired) electrons. The predicted molar refractivity (Wildman–Crippen MR) is 79.4 cm³/mol. The molecule has 2 heterocycles. The summed E-state index contributed by atoms with van der Waals surface area (Å²) in [4.78, 5) is 2.31. The highest BCUT2D eigenvalue weighted by Crippen LogP contribution is 2.25. The molecule has 0 saturated carbocycles. The first-order valence-corrected chi connectivity index (χ1v) is 9.29. The van der Waals surface area contributed by atoms with Gasteiger partial charge in [-0.1, -0.05) is 6.92 Å². The monoisotopic (exact) mass is 322 g/mol. The Morgan fingerprint density at radius 1 is 1.32 bits per heavy atom. The number of halogens is 1. The van der Waals surface area contributed by atoms with Crippen molar-refractivity contribution >= 4 is 33.0 Å². The number of sulfonamides is 1.